The van der Waals surface area contributed by atoms with Crippen LogP contribution >= 0.6 is 0 Å². The van der Waals surface area contributed by atoms with E-state index in [2.05, 4.69) is 25.6 Å². The number of alkyl halides is 2. The number of rotatable bonds is 12. The SMILES string of the molecule is CC(Nc1cc(-c2cnc(NC(=O)C3CC3COCc3ccccc3)cn2)cnc1C#N)C(=O)N(C)CC(F)F. The predicted octanol–water partition coefficient (Wildman–Crippen LogP) is 3.73. The molecule has 2 heterocycles. The highest BCUT2D eigenvalue weighted by Crippen LogP contribution is 2.39. The van der Waals surface area contributed by atoms with Gasteiger partial charge in [0.1, 0.15) is 12.1 Å². The van der Waals surface area contributed by atoms with Crippen LogP contribution in [0.25, 0.3) is 11.3 Å². The molecule has 1 aliphatic carbocycles. The van der Waals surface area contributed by atoms with E-state index >= 15 is 0 Å². The second kappa shape index (κ2) is 13.0. The Morgan fingerprint density at radius 3 is 2.62 bits per heavy atom. The molecule has 2 aromatic heterocycles. The zero-order chi connectivity index (χ0) is 28.6. The zero-order valence-electron chi connectivity index (χ0n) is 22.1. The maximum atomic E-state index is 12.6. The van der Waals surface area contributed by atoms with Crippen molar-refractivity contribution in [3.63, 3.8) is 0 Å². The Hall–Kier alpha value is -4.50. The molecule has 1 aliphatic rings. The average molecular weight is 550 g/mol. The van der Waals surface area contributed by atoms with Crippen molar-refractivity contribution >= 4 is 23.3 Å². The number of likely N-dealkylation sites (N-methyl/N-ethyl adjacent to an activating group) is 1. The third kappa shape index (κ3) is 7.54. The van der Waals surface area contributed by atoms with Gasteiger partial charge in [0.05, 0.1) is 43.5 Å². The van der Waals surface area contributed by atoms with Crippen molar-refractivity contribution in [2.75, 3.05) is 30.8 Å². The lowest BCUT2D eigenvalue weighted by Crippen LogP contribution is -2.41. The van der Waals surface area contributed by atoms with E-state index in [4.69, 9.17) is 4.74 Å². The number of hydrogen-bond acceptors (Lipinski definition) is 8. The lowest BCUT2D eigenvalue weighted by Gasteiger charge is -2.22. The number of halogens is 2. The van der Waals surface area contributed by atoms with Gasteiger partial charge >= 0.3 is 0 Å². The summed E-state index contributed by atoms with van der Waals surface area (Å²) in [6.45, 7) is 1.82. The minimum atomic E-state index is -2.66. The molecule has 3 aromatic rings. The van der Waals surface area contributed by atoms with E-state index in [0.717, 1.165) is 16.9 Å². The molecule has 2 N–H and O–H groups in total. The summed E-state index contributed by atoms with van der Waals surface area (Å²) in [5, 5.41) is 15.1. The van der Waals surface area contributed by atoms with Crippen LogP contribution in [0, 0.1) is 23.2 Å². The molecule has 3 unspecified atom stereocenters. The Labute approximate surface area is 230 Å². The molecule has 1 saturated carbocycles. The molecular weight excluding hydrogens is 520 g/mol. The largest absolute Gasteiger partial charge is 0.376 e. The number of amides is 2. The molecule has 0 aliphatic heterocycles. The molecule has 10 nitrogen and oxygen atoms in total. The quantitative estimate of drug-likeness (QED) is 0.349. The number of carbonyl (C=O) groups excluding carboxylic acids is 2. The highest BCUT2D eigenvalue weighted by Gasteiger charge is 2.43. The first-order valence-corrected chi connectivity index (χ1v) is 12.7. The molecule has 0 bridgehead atoms. The van der Waals surface area contributed by atoms with E-state index in [-0.39, 0.29) is 29.1 Å². The smallest absolute Gasteiger partial charge is 0.255 e. The molecule has 0 spiro atoms. The highest BCUT2D eigenvalue weighted by molar-refractivity contribution is 5.93. The summed E-state index contributed by atoms with van der Waals surface area (Å²) < 4.78 is 31.0. The van der Waals surface area contributed by atoms with E-state index in [1.54, 1.807) is 6.07 Å². The molecule has 1 fully saturated rings. The molecule has 12 heteroatoms. The van der Waals surface area contributed by atoms with Gasteiger partial charge in [-0.15, -0.1) is 0 Å². The Balaban J connectivity index is 1.32. The molecule has 40 heavy (non-hydrogen) atoms. The van der Waals surface area contributed by atoms with Crippen molar-refractivity contribution in [3.8, 4) is 17.3 Å². The van der Waals surface area contributed by atoms with Crippen molar-refractivity contribution in [2.24, 2.45) is 11.8 Å². The van der Waals surface area contributed by atoms with Gasteiger partial charge in [0.2, 0.25) is 11.8 Å². The maximum absolute atomic E-state index is 12.6. The van der Waals surface area contributed by atoms with Crippen LogP contribution in [0.4, 0.5) is 20.3 Å². The number of carbonyl (C=O) groups is 2. The number of aromatic nitrogens is 3. The van der Waals surface area contributed by atoms with Gasteiger partial charge in [-0.25, -0.2) is 18.7 Å². The summed E-state index contributed by atoms with van der Waals surface area (Å²) in [5.74, 6) is -0.382. The minimum absolute atomic E-state index is 0.0310. The molecule has 208 valence electrons. The lowest BCUT2D eigenvalue weighted by molar-refractivity contribution is -0.132. The van der Waals surface area contributed by atoms with Crippen LogP contribution in [-0.2, 0) is 20.9 Å². The van der Waals surface area contributed by atoms with Gasteiger partial charge < -0.3 is 20.3 Å². The predicted molar refractivity (Wildman–Crippen MR) is 143 cm³/mol. The average Bonchev–Trinajstić information content (AvgIpc) is 3.73. The molecular formula is C28H29F2N7O3. The number of pyridine rings is 1. The number of nitrogens with one attached hydrogen (secondary N) is 2. The summed E-state index contributed by atoms with van der Waals surface area (Å²) in [5.41, 5.74) is 2.29. The molecule has 0 radical (unpaired) electrons. The monoisotopic (exact) mass is 549 g/mol. The standard InChI is InChI=1S/C28H29F2N7O3/c1-17(28(39)37(2)14-25(29)30)35-22-9-19(11-32-23(22)10-31)24-12-34-26(13-33-24)36-27(38)21-8-20(21)16-40-15-18-6-4-3-5-7-18/h3-7,9,11-13,17,20-21,25,35H,8,14-16H2,1-2H3,(H,34,36,38). The van der Waals surface area contributed by atoms with Crippen LogP contribution < -0.4 is 10.6 Å². The summed E-state index contributed by atoms with van der Waals surface area (Å²) in [7, 11) is 1.28. The van der Waals surface area contributed by atoms with Gasteiger partial charge in [0.25, 0.3) is 6.43 Å². The number of hydrogen-bond donors (Lipinski definition) is 2. The van der Waals surface area contributed by atoms with Gasteiger partial charge in [-0.1, -0.05) is 30.3 Å². The number of benzene rings is 1. The molecule has 4 rings (SSSR count). The van der Waals surface area contributed by atoms with E-state index in [9.17, 15) is 23.6 Å². The van der Waals surface area contributed by atoms with Crippen LogP contribution in [0.5, 0.6) is 0 Å². The fraction of sp³-hybridized carbons (Fsp3) is 0.357. The fourth-order valence-corrected chi connectivity index (χ4v) is 4.14. The van der Waals surface area contributed by atoms with Crippen molar-refractivity contribution in [1.29, 1.82) is 5.26 Å². The summed E-state index contributed by atoms with van der Waals surface area (Å²) in [6, 6.07) is 12.5. The topological polar surface area (TPSA) is 133 Å². The number of ether oxygens (including phenoxy) is 1. The van der Waals surface area contributed by atoms with Gasteiger partial charge in [0.15, 0.2) is 11.5 Å². The van der Waals surface area contributed by atoms with Crippen LogP contribution in [0.2, 0.25) is 0 Å². The molecule has 3 atom stereocenters. The minimum Gasteiger partial charge on any atom is -0.376 e. The summed E-state index contributed by atoms with van der Waals surface area (Å²) >= 11 is 0. The second-order valence-electron chi connectivity index (χ2n) is 9.59. The number of nitrogens with zero attached hydrogens (tertiary/aromatic N) is 5. The summed E-state index contributed by atoms with van der Waals surface area (Å²) in [6.07, 6.45) is 2.41. The first-order valence-electron chi connectivity index (χ1n) is 12.7. The van der Waals surface area contributed by atoms with Crippen molar-refractivity contribution in [1.82, 2.24) is 19.9 Å². The number of nitriles is 1. The van der Waals surface area contributed by atoms with E-state index in [1.165, 1.54) is 32.6 Å². The maximum Gasteiger partial charge on any atom is 0.255 e. The molecule has 1 aromatic carbocycles. The number of anilines is 2. The van der Waals surface area contributed by atoms with E-state index in [0.29, 0.717) is 30.3 Å². The van der Waals surface area contributed by atoms with Gasteiger partial charge in [-0.3, -0.25) is 14.6 Å². The van der Waals surface area contributed by atoms with Crippen LogP contribution in [0.1, 0.15) is 24.6 Å². The Bertz CT molecular complexity index is 1370. The third-order valence-electron chi connectivity index (χ3n) is 6.43. The normalized spacial score (nSPS) is 16.6. The Kier molecular flexibility index (Phi) is 9.29. The van der Waals surface area contributed by atoms with Gasteiger partial charge in [0, 0.05) is 24.7 Å². The zero-order valence-corrected chi connectivity index (χ0v) is 22.1. The van der Waals surface area contributed by atoms with Crippen LogP contribution in [0.15, 0.2) is 55.0 Å². The van der Waals surface area contributed by atoms with E-state index in [1.807, 2.05) is 36.4 Å². The van der Waals surface area contributed by atoms with Crippen molar-refractivity contribution in [2.45, 2.75) is 32.4 Å². The molecule has 2 amide bonds. The Morgan fingerprint density at radius 1 is 1.18 bits per heavy atom. The lowest BCUT2D eigenvalue weighted by atomic mass is 10.1. The van der Waals surface area contributed by atoms with Crippen LogP contribution in [0.3, 0.4) is 0 Å². The van der Waals surface area contributed by atoms with E-state index < -0.39 is 24.9 Å². The first-order chi connectivity index (χ1) is 19.2. The highest BCUT2D eigenvalue weighted by atomic mass is 19.3. The van der Waals surface area contributed by atoms with Crippen molar-refractivity contribution in [3.05, 3.63) is 66.2 Å². The van der Waals surface area contributed by atoms with Crippen molar-refractivity contribution < 1.29 is 23.1 Å². The fourth-order valence-electron chi connectivity index (χ4n) is 4.14. The summed E-state index contributed by atoms with van der Waals surface area (Å²) in [4.78, 5) is 38.7. The van der Waals surface area contributed by atoms with Gasteiger partial charge in [-0.2, -0.15) is 5.26 Å². The van der Waals surface area contributed by atoms with Crippen LogP contribution in [-0.4, -0.2) is 64.3 Å². The second-order valence-corrected chi connectivity index (χ2v) is 9.59. The van der Waals surface area contributed by atoms with Gasteiger partial charge in [-0.05, 0) is 30.9 Å². The Morgan fingerprint density at radius 2 is 1.95 bits per heavy atom. The first kappa shape index (κ1) is 28.5. The third-order valence-corrected chi connectivity index (χ3v) is 6.43. The molecule has 0 saturated heterocycles.